The molecule has 0 atom stereocenters. The lowest BCUT2D eigenvalue weighted by Gasteiger charge is -2.07. The number of carbonyl (C=O) groups is 1. The highest BCUT2D eigenvalue weighted by atomic mass is 16.5. The predicted octanol–water partition coefficient (Wildman–Crippen LogP) is 3.23. The van der Waals surface area contributed by atoms with Gasteiger partial charge in [-0.3, -0.25) is 0 Å². The maximum Gasteiger partial charge on any atom is 0.337 e. The van der Waals surface area contributed by atoms with Gasteiger partial charge in [0, 0.05) is 29.9 Å². The molecule has 21 heavy (non-hydrogen) atoms. The first-order valence-corrected chi connectivity index (χ1v) is 6.84. The summed E-state index contributed by atoms with van der Waals surface area (Å²) in [6.07, 6.45) is 0. The van der Waals surface area contributed by atoms with Crippen molar-refractivity contribution in [3.8, 4) is 0 Å². The van der Waals surface area contributed by atoms with Gasteiger partial charge in [-0.25, -0.2) is 4.79 Å². The Labute approximate surface area is 122 Å². The van der Waals surface area contributed by atoms with Crippen molar-refractivity contribution >= 4 is 27.8 Å². The Kier molecular flexibility index (Phi) is 3.62. The molecule has 4 nitrogen and oxygen atoms in total. The second-order valence-electron chi connectivity index (χ2n) is 4.89. The molecule has 0 aliphatic carbocycles. The lowest BCUT2D eigenvalue weighted by atomic mass is 10.1. The largest absolute Gasteiger partial charge is 0.465 e. The number of methoxy groups -OCH3 is 2. The van der Waals surface area contributed by atoms with Crippen LogP contribution in [0.1, 0.15) is 10.4 Å². The minimum atomic E-state index is -0.319. The van der Waals surface area contributed by atoms with Crippen molar-refractivity contribution in [3.63, 3.8) is 0 Å². The number of carbonyl (C=O) groups excluding carboxylic acids is 1. The molecule has 0 radical (unpaired) electrons. The molecule has 0 saturated heterocycles. The SMILES string of the molecule is COCCn1c2ccccc2c2ccc(C(=O)OC)cc21. The van der Waals surface area contributed by atoms with Gasteiger partial charge in [-0.1, -0.05) is 24.3 Å². The zero-order valence-corrected chi connectivity index (χ0v) is 12.1. The third kappa shape index (κ3) is 2.28. The third-order valence-corrected chi connectivity index (χ3v) is 3.71. The highest BCUT2D eigenvalue weighted by Crippen LogP contribution is 2.29. The minimum absolute atomic E-state index is 0.319. The van der Waals surface area contributed by atoms with Crippen molar-refractivity contribution < 1.29 is 14.3 Å². The van der Waals surface area contributed by atoms with Crippen LogP contribution in [-0.4, -0.2) is 31.4 Å². The average Bonchev–Trinajstić information content (AvgIpc) is 2.85. The van der Waals surface area contributed by atoms with Crippen LogP contribution in [0, 0.1) is 0 Å². The molecule has 3 aromatic rings. The van der Waals surface area contributed by atoms with E-state index in [1.165, 1.54) is 12.5 Å². The van der Waals surface area contributed by atoms with Crippen molar-refractivity contribution in [2.75, 3.05) is 20.8 Å². The fraction of sp³-hybridized carbons (Fsp3) is 0.235. The number of benzene rings is 2. The summed E-state index contributed by atoms with van der Waals surface area (Å²) in [7, 11) is 3.08. The summed E-state index contributed by atoms with van der Waals surface area (Å²) in [6.45, 7) is 1.36. The van der Waals surface area contributed by atoms with Crippen LogP contribution in [0.3, 0.4) is 0 Å². The normalized spacial score (nSPS) is 11.1. The number of esters is 1. The van der Waals surface area contributed by atoms with E-state index in [9.17, 15) is 4.79 Å². The van der Waals surface area contributed by atoms with Gasteiger partial charge in [0.15, 0.2) is 0 Å². The zero-order chi connectivity index (χ0) is 14.8. The maximum atomic E-state index is 11.7. The standard InChI is InChI=1S/C17H17NO3/c1-20-10-9-18-15-6-4-3-5-13(15)14-8-7-12(11-16(14)18)17(19)21-2/h3-8,11H,9-10H2,1-2H3. The Bertz CT molecular complexity index is 804. The van der Waals surface area contributed by atoms with Gasteiger partial charge >= 0.3 is 5.97 Å². The number of ether oxygens (including phenoxy) is 2. The fourth-order valence-electron chi connectivity index (χ4n) is 2.72. The highest BCUT2D eigenvalue weighted by Gasteiger charge is 2.13. The second-order valence-corrected chi connectivity index (χ2v) is 4.89. The molecule has 0 fully saturated rings. The molecule has 0 bridgehead atoms. The number of fused-ring (bicyclic) bond motifs is 3. The number of rotatable bonds is 4. The van der Waals surface area contributed by atoms with Gasteiger partial charge in [0.2, 0.25) is 0 Å². The topological polar surface area (TPSA) is 40.5 Å². The van der Waals surface area contributed by atoms with E-state index in [-0.39, 0.29) is 5.97 Å². The van der Waals surface area contributed by atoms with Gasteiger partial charge in [-0.15, -0.1) is 0 Å². The van der Waals surface area contributed by atoms with E-state index in [1.54, 1.807) is 13.2 Å². The molecule has 0 aliphatic heterocycles. The van der Waals surface area contributed by atoms with Crippen molar-refractivity contribution in [1.29, 1.82) is 0 Å². The zero-order valence-electron chi connectivity index (χ0n) is 12.1. The highest BCUT2D eigenvalue weighted by molar-refractivity contribution is 6.09. The van der Waals surface area contributed by atoms with Gasteiger partial charge in [0.1, 0.15) is 0 Å². The summed E-state index contributed by atoms with van der Waals surface area (Å²) in [5.74, 6) is -0.319. The predicted molar refractivity (Wildman–Crippen MR) is 82.7 cm³/mol. The Morgan fingerprint density at radius 3 is 2.57 bits per heavy atom. The Morgan fingerprint density at radius 1 is 1.05 bits per heavy atom. The van der Waals surface area contributed by atoms with E-state index in [2.05, 4.69) is 16.7 Å². The summed E-state index contributed by atoms with van der Waals surface area (Å²) < 4.78 is 12.2. The molecule has 0 saturated carbocycles. The molecule has 108 valence electrons. The molecular weight excluding hydrogens is 266 g/mol. The van der Waals surface area contributed by atoms with E-state index in [1.807, 2.05) is 24.3 Å². The summed E-state index contributed by atoms with van der Waals surface area (Å²) in [5, 5.41) is 2.31. The third-order valence-electron chi connectivity index (χ3n) is 3.71. The van der Waals surface area contributed by atoms with E-state index < -0.39 is 0 Å². The number of hydrogen-bond acceptors (Lipinski definition) is 3. The first-order valence-electron chi connectivity index (χ1n) is 6.84. The van der Waals surface area contributed by atoms with Crippen LogP contribution in [0.2, 0.25) is 0 Å². The molecule has 0 aliphatic rings. The quantitative estimate of drug-likeness (QED) is 0.690. The fourth-order valence-corrected chi connectivity index (χ4v) is 2.72. The van der Waals surface area contributed by atoms with Gasteiger partial charge in [0.05, 0.1) is 24.8 Å². The van der Waals surface area contributed by atoms with Gasteiger partial charge < -0.3 is 14.0 Å². The summed E-state index contributed by atoms with van der Waals surface area (Å²) in [4.78, 5) is 11.7. The van der Waals surface area contributed by atoms with Gasteiger partial charge in [0.25, 0.3) is 0 Å². The van der Waals surface area contributed by atoms with E-state index in [0.717, 1.165) is 23.0 Å². The number of aromatic nitrogens is 1. The van der Waals surface area contributed by atoms with Gasteiger partial charge in [-0.2, -0.15) is 0 Å². The van der Waals surface area contributed by atoms with E-state index >= 15 is 0 Å². The Balaban J connectivity index is 2.28. The van der Waals surface area contributed by atoms with Crippen LogP contribution >= 0.6 is 0 Å². The number of nitrogens with zero attached hydrogens (tertiary/aromatic N) is 1. The first-order chi connectivity index (χ1) is 10.3. The second kappa shape index (κ2) is 5.58. The summed E-state index contributed by atoms with van der Waals surface area (Å²) >= 11 is 0. The lowest BCUT2D eigenvalue weighted by Crippen LogP contribution is -2.05. The molecule has 4 heteroatoms. The molecule has 0 amide bonds. The van der Waals surface area contributed by atoms with Crippen molar-refractivity contribution in [3.05, 3.63) is 48.0 Å². The van der Waals surface area contributed by atoms with Crippen molar-refractivity contribution in [2.45, 2.75) is 6.54 Å². The lowest BCUT2D eigenvalue weighted by molar-refractivity contribution is 0.0601. The van der Waals surface area contributed by atoms with Crippen molar-refractivity contribution in [2.24, 2.45) is 0 Å². The monoisotopic (exact) mass is 283 g/mol. The van der Waals surface area contributed by atoms with E-state index in [4.69, 9.17) is 9.47 Å². The summed E-state index contributed by atoms with van der Waals surface area (Å²) in [5.41, 5.74) is 2.73. The average molecular weight is 283 g/mol. The number of hydrogen-bond donors (Lipinski definition) is 0. The Hall–Kier alpha value is -2.33. The van der Waals surface area contributed by atoms with Crippen LogP contribution in [0.4, 0.5) is 0 Å². The van der Waals surface area contributed by atoms with Gasteiger partial charge in [-0.05, 0) is 18.2 Å². The van der Waals surface area contributed by atoms with E-state index in [0.29, 0.717) is 12.2 Å². The van der Waals surface area contributed by atoms with Crippen LogP contribution in [0.5, 0.6) is 0 Å². The molecule has 1 aromatic heterocycles. The van der Waals surface area contributed by atoms with Crippen molar-refractivity contribution in [1.82, 2.24) is 4.57 Å². The minimum Gasteiger partial charge on any atom is -0.465 e. The molecule has 0 N–H and O–H groups in total. The smallest absolute Gasteiger partial charge is 0.337 e. The molecule has 3 rings (SSSR count). The van der Waals surface area contributed by atoms with Crippen LogP contribution in [-0.2, 0) is 16.0 Å². The first kappa shape index (κ1) is 13.6. The maximum absolute atomic E-state index is 11.7. The van der Waals surface area contributed by atoms with Crippen LogP contribution < -0.4 is 0 Å². The molecular formula is C17H17NO3. The molecule has 0 spiro atoms. The van der Waals surface area contributed by atoms with Crippen LogP contribution in [0.25, 0.3) is 21.8 Å². The Morgan fingerprint density at radius 2 is 1.81 bits per heavy atom. The molecule has 1 heterocycles. The summed E-state index contributed by atoms with van der Waals surface area (Å²) in [6, 6.07) is 13.9. The number of para-hydroxylation sites is 1. The molecule has 2 aromatic carbocycles. The van der Waals surface area contributed by atoms with Crippen LogP contribution in [0.15, 0.2) is 42.5 Å². The molecule has 0 unspecified atom stereocenters.